The highest BCUT2D eigenvalue weighted by Crippen LogP contribution is 2.62. The first-order valence-corrected chi connectivity index (χ1v) is 7.97. The van der Waals surface area contributed by atoms with Crippen LogP contribution < -0.4 is 0 Å². The van der Waals surface area contributed by atoms with Crippen molar-refractivity contribution in [2.75, 3.05) is 0 Å². The van der Waals surface area contributed by atoms with E-state index in [4.69, 9.17) is 0 Å². The van der Waals surface area contributed by atoms with Gasteiger partial charge in [0.2, 0.25) is 0 Å². The lowest BCUT2D eigenvalue weighted by molar-refractivity contribution is 0.395. The lowest BCUT2D eigenvalue weighted by Gasteiger charge is -2.28. The molecule has 0 radical (unpaired) electrons. The van der Waals surface area contributed by atoms with E-state index in [-0.39, 0.29) is 28.4 Å². The molecular weight excluding hydrogens is 304 g/mol. The van der Waals surface area contributed by atoms with Crippen molar-refractivity contribution in [3.63, 3.8) is 0 Å². The first-order chi connectivity index (χ1) is 11.2. The van der Waals surface area contributed by atoms with Crippen LogP contribution in [0.1, 0.15) is 48.9 Å². The molecule has 2 aromatic carbocycles. The number of hydrogen-bond acceptors (Lipinski definition) is 4. The van der Waals surface area contributed by atoms with Gasteiger partial charge in [0.05, 0.1) is 0 Å². The minimum Gasteiger partial charge on any atom is -0.504 e. The molecule has 2 aliphatic rings. The second-order valence-electron chi connectivity index (χ2n) is 7.70. The maximum Gasteiger partial charge on any atom is 0.158 e. The van der Waals surface area contributed by atoms with Gasteiger partial charge < -0.3 is 20.4 Å². The maximum atomic E-state index is 10.0. The van der Waals surface area contributed by atoms with Crippen LogP contribution in [0.15, 0.2) is 30.8 Å². The second-order valence-corrected chi connectivity index (χ2v) is 7.70. The van der Waals surface area contributed by atoms with Crippen LogP contribution in [0.5, 0.6) is 23.0 Å². The summed E-state index contributed by atoms with van der Waals surface area (Å²) in [4.78, 5) is 0. The van der Waals surface area contributed by atoms with Crippen LogP contribution >= 0.6 is 0 Å². The summed E-state index contributed by atoms with van der Waals surface area (Å²) < 4.78 is 0. The maximum absolute atomic E-state index is 10.0. The summed E-state index contributed by atoms with van der Waals surface area (Å²) in [6, 6.07) is 6.44. The number of allylic oxidation sites excluding steroid dienone is 1. The van der Waals surface area contributed by atoms with Crippen molar-refractivity contribution < 1.29 is 20.4 Å². The molecule has 24 heavy (non-hydrogen) atoms. The molecule has 4 heteroatoms. The fraction of sp³-hybridized carbons (Fsp3) is 0.300. The topological polar surface area (TPSA) is 80.9 Å². The highest BCUT2D eigenvalue weighted by atomic mass is 16.3. The molecule has 0 saturated heterocycles. The Morgan fingerprint density at radius 1 is 0.792 bits per heavy atom. The van der Waals surface area contributed by atoms with Crippen LogP contribution in [0, 0.1) is 0 Å². The number of rotatable bonds is 0. The zero-order valence-corrected chi connectivity index (χ0v) is 13.7. The van der Waals surface area contributed by atoms with Crippen molar-refractivity contribution in [3.05, 3.63) is 53.1 Å². The van der Waals surface area contributed by atoms with Crippen LogP contribution in [0.2, 0.25) is 0 Å². The van der Waals surface area contributed by atoms with Gasteiger partial charge in [0.1, 0.15) is 0 Å². The van der Waals surface area contributed by atoms with Gasteiger partial charge in [-0.3, -0.25) is 0 Å². The zero-order chi connectivity index (χ0) is 17.4. The Kier molecular flexibility index (Phi) is 2.65. The number of phenols is 4. The Morgan fingerprint density at radius 3 is 1.92 bits per heavy atom. The quantitative estimate of drug-likeness (QED) is 0.554. The van der Waals surface area contributed by atoms with Crippen LogP contribution in [0.4, 0.5) is 0 Å². The van der Waals surface area contributed by atoms with E-state index in [0.29, 0.717) is 6.42 Å². The van der Waals surface area contributed by atoms with Gasteiger partial charge in [0.15, 0.2) is 23.0 Å². The van der Waals surface area contributed by atoms with Crippen LogP contribution in [-0.4, -0.2) is 20.4 Å². The summed E-state index contributed by atoms with van der Waals surface area (Å²) in [5.41, 5.74) is 3.99. The van der Waals surface area contributed by atoms with E-state index in [1.54, 1.807) is 24.3 Å². The van der Waals surface area contributed by atoms with Crippen molar-refractivity contribution in [1.29, 1.82) is 0 Å². The second kappa shape index (κ2) is 4.26. The summed E-state index contributed by atoms with van der Waals surface area (Å²) in [5.74, 6) is -0.576. The van der Waals surface area contributed by atoms with Crippen LogP contribution in [0.25, 0.3) is 5.57 Å². The molecule has 4 nitrogen and oxygen atoms in total. The molecule has 0 aliphatic heterocycles. The molecule has 0 heterocycles. The van der Waals surface area contributed by atoms with Gasteiger partial charge in [0.25, 0.3) is 0 Å². The fourth-order valence-corrected chi connectivity index (χ4v) is 4.70. The molecule has 0 bridgehead atoms. The van der Waals surface area contributed by atoms with Crippen molar-refractivity contribution in [3.8, 4) is 23.0 Å². The zero-order valence-electron chi connectivity index (χ0n) is 13.7. The first kappa shape index (κ1) is 14.9. The van der Waals surface area contributed by atoms with Crippen LogP contribution in [0.3, 0.4) is 0 Å². The van der Waals surface area contributed by atoms with E-state index in [0.717, 1.165) is 34.2 Å². The molecule has 4 N–H and O–H groups in total. The summed E-state index contributed by atoms with van der Waals surface area (Å²) in [6.45, 7) is 8.36. The van der Waals surface area contributed by atoms with E-state index in [9.17, 15) is 20.4 Å². The van der Waals surface area contributed by atoms with Gasteiger partial charge in [-0.1, -0.05) is 20.4 Å². The lowest BCUT2D eigenvalue weighted by atomic mass is 9.74. The smallest absolute Gasteiger partial charge is 0.158 e. The highest BCUT2D eigenvalue weighted by molar-refractivity contribution is 5.80. The van der Waals surface area contributed by atoms with Gasteiger partial charge >= 0.3 is 0 Å². The standard InChI is InChI=1S/C20H20O4/c1-10-8-20(12-5-16(22)15(21)4-11(10)12)9-19(2,3)13-6-17(23)18(24)7-14(13)20/h4-7,21-24H,1,8-9H2,2-3H3. The van der Waals surface area contributed by atoms with E-state index in [1.165, 1.54) is 0 Å². The molecule has 0 saturated carbocycles. The molecule has 1 spiro atoms. The fourth-order valence-electron chi connectivity index (χ4n) is 4.70. The minimum absolute atomic E-state index is 0.121. The Balaban J connectivity index is 2.06. The molecule has 0 amide bonds. The van der Waals surface area contributed by atoms with Crippen molar-refractivity contribution in [2.45, 2.75) is 37.5 Å². The number of benzene rings is 2. The van der Waals surface area contributed by atoms with E-state index >= 15 is 0 Å². The first-order valence-electron chi connectivity index (χ1n) is 7.97. The van der Waals surface area contributed by atoms with Gasteiger partial charge in [-0.2, -0.15) is 0 Å². The summed E-state index contributed by atoms with van der Waals surface area (Å²) in [6.07, 6.45) is 1.43. The Morgan fingerprint density at radius 2 is 1.29 bits per heavy atom. The van der Waals surface area contributed by atoms with Crippen molar-refractivity contribution in [2.24, 2.45) is 0 Å². The van der Waals surface area contributed by atoms with Gasteiger partial charge in [0, 0.05) is 5.41 Å². The Labute approximate surface area is 140 Å². The third-order valence-electron chi connectivity index (χ3n) is 5.63. The van der Waals surface area contributed by atoms with E-state index < -0.39 is 5.41 Å². The molecule has 2 aromatic rings. The number of hydrogen-bond donors (Lipinski definition) is 4. The van der Waals surface area contributed by atoms with E-state index in [2.05, 4.69) is 20.4 Å². The largest absolute Gasteiger partial charge is 0.504 e. The molecule has 0 fully saturated rings. The molecule has 4 rings (SSSR count). The minimum atomic E-state index is -0.415. The third-order valence-corrected chi connectivity index (χ3v) is 5.63. The van der Waals surface area contributed by atoms with E-state index in [1.807, 2.05) is 0 Å². The molecule has 124 valence electrons. The van der Waals surface area contributed by atoms with Crippen molar-refractivity contribution >= 4 is 5.57 Å². The Hall–Kier alpha value is -2.62. The lowest BCUT2D eigenvalue weighted by Crippen LogP contribution is -2.24. The van der Waals surface area contributed by atoms with Crippen LogP contribution in [-0.2, 0) is 10.8 Å². The molecule has 0 aromatic heterocycles. The summed E-state index contributed by atoms with van der Waals surface area (Å²) in [7, 11) is 0. The third kappa shape index (κ3) is 1.68. The normalized spacial score (nSPS) is 23.5. The molecular formula is C20H20O4. The SMILES string of the molecule is C=C1CC2(CC(C)(C)c3cc(O)c(O)cc32)c2cc(O)c(O)cc21. The van der Waals surface area contributed by atoms with Crippen molar-refractivity contribution in [1.82, 2.24) is 0 Å². The van der Waals surface area contributed by atoms with Gasteiger partial charge in [-0.15, -0.1) is 0 Å². The Bertz CT molecular complexity index is 910. The number of aromatic hydroxyl groups is 4. The average Bonchev–Trinajstić information content (AvgIpc) is 2.86. The summed E-state index contributed by atoms with van der Waals surface area (Å²) >= 11 is 0. The number of phenolic OH excluding ortho intramolecular Hbond substituents is 4. The number of fused-ring (bicyclic) bond motifs is 4. The molecule has 1 unspecified atom stereocenters. The predicted molar refractivity (Wildman–Crippen MR) is 91.6 cm³/mol. The van der Waals surface area contributed by atoms with Gasteiger partial charge in [-0.05, 0) is 70.3 Å². The molecule has 1 atom stereocenters. The molecule has 2 aliphatic carbocycles. The summed E-state index contributed by atoms with van der Waals surface area (Å²) in [5, 5.41) is 39.8. The highest BCUT2D eigenvalue weighted by Gasteiger charge is 2.53. The average molecular weight is 324 g/mol. The predicted octanol–water partition coefficient (Wildman–Crippen LogP) is 3.89. The van der Waals surface area contributed by atoms with Gasteiger partial charge in [-0.25, -0.2) is 0 Å². The monoisotopic (exact) mass is 324 g/mol.